The number of aromatic nitrogens is 1. The molecule has 0 radical (unpaired) electrons. The van der Waals surface area contributed by atoms with Gasteiger partial charge in [-0.1, -0.05) is 13.8 Å². The maximum atomic E-state index is 11.9. The van der Waals surface area contributed by atoms with Crippen molar-refractivity contribution in [1.29, 1.82) is 0 Å². The average Bonchev–Trinajstić information content (AvgIpc) is 2.44. The Hall–Kier alpha value is -1.71. The van der Waals surface area contributed by atoms with Gasteiger partial charge in [0, 0.05) is 31.1 Å². The summed E-state index contributed by atoms with van der Waals surface area (Å²) in [6.07, 6.45) is 4.38. The molecule has 1 aromatic heterocycles. The van der Waals surface area contributed by atoms with Crippen LogP contribution in [0.15, 0.2) is 12.3 Å². The molecule has 4 nitrogen and oxygen atoms in total. The van der Waals surface area contributed by atoms with Crippen molar-refractivity contribution in [2.45, 2.75) is 39.5 Å². The second-order valence-electron chi connectivity index (χ2n) is 4.47. The summed E-state index contributed by atoms with van der Waals surface area (Å²) >= 11 is 0. The lowest BCUT2D eigenvalue weighted by atomic mass is 10.0. The number of carbonyl (C=O) groups excluding carboxylic acids is 2. The van der Waals surface area contributed by atoms with Crippen LogP contribution in [0, 0.1) is 0 Å². The molecule has 1 aliphatic rings. The Morgan fingerprint density at radius 1 is 1.33 bits per heavy atom. The van der Waals surface area contributed by atoms with E-state index in [1.807, 2.05) is 19.9 Å². The molecular weight excluding hydrogens is 228 g/mol. The summed E-state index contributed by atoms with van der Waals surface area (Å²) in [6, 6.07) is 1.82. The molecule has 1 amide bonds. The summed E-state index contributed by atoms with van der Waals surface area (Å²) < 4.78 is 0. The number of Topliss-reactive ketones (excluding diaryl/α,β-unsaturated/α-hetero) is 1. The van der Waals surface area contributed by atoms with Gasteiger partial charge in [-0.25, -0.2) is 0 Å². The number of amides is 1. The molecule has 18 heavy (non-hydrogen) atoms. The second kappa shape index (κ2) is 5.29. The van der Waals surface area contributed by atoms with Crippen molar-refractivity contribution in [2.75, 3.05) is 11.4 Å². The van der Waals surface area contributed by atoms with E-state index in [4.69, 9.17) is 0 Å². The van der Waals surface area contributed by atoms with Gasteiger partial charge >= 0.3 is 0 Å². The van der Waals surface area contributed by atoms with Crippen LogP contribution in [0.4, 0.5) is 5.69 Å². The largest absolute Gasteiger partial charge is 0.311 e. The van der Waals surface area contributed by atoms with Crippen molar-refractivity contribution in [3.05, 3.63) is 23.5 Å². The molecule has 0 aromatic carbocycles. The molecule has 1 aliphatic heterocycles. The van der Waals surface area contributed by atoms with Crippen LogP contribution in [0.1, 0.15) is 49.2 Å². The van der Waals surface area contributed by atoms with Crippen LogP contribution >= 0.6 is 0 Å². The quantitative estimate of drug-likeness (QED) is 0.769. The highest BCUT2D eigenvalue weighted by Gasteiger charge is 2.23. The highest BCUT2D eigenvalue weighted by Crippen LogP contribution is 2.27. The van der Waals surface area contributed by atoms with Crippen LogP contribution < -0.4 is 4.90 Å². The number of anilines is 1. The minimum Gasteiger partial charge on any atom is -0.311 e. The molecule has 96 valence electrons. The number of carbonyl (C=O) groups is 2. The molecule has 0 saturated carbocycles. The zero-order chi connectivity index (χ0) is 13.1. The van der Waals surface area contributed by atoms with E-state index in [1.54, 1.807) is 11.1 Å². The molecule has 2 heterocycles. The Morgan fingerprint density at radius 3 is 2.78 bits per heavy atom. The minimum absolute atomic E-state index is 0.0692. The summed E-state index contributed by atoms with van der Waals surface area (Å²) in [5.74, 6) is 0.165. The maximum Gasteiger partial charge on any atom is 0.226 e. The van der Waals surface area contributed by atoms with Crippen LogP contribution in [0.5, 0.6) is 0 Å². The summed E-state index contributed by atoms with van der Waals surface area (Å²) in [5.41, 5.74) is 2.36. The normalized spacial score (nSPS) is 14.2. The number of rotatable bonds is 3. The lowest BCUT2D eigenvalue weighted by Crippen LogP contribution is -2.35. The summed E-state index contributed by atoms with van der Waals surface area (Å²) in [7, 11) is 0. The standard InChI is InChI=1S/C14H18N2O2/c1-3-13(17)10-8-12-11(15-9-10)6-5-7-16(12)14(18)4-2/h8-9H,3-7H2,1-2H3. The van der Waals surface area contributed by atoms with Gasteiger partial charge in [-0.2, -0.15) is 0 Å². The van der Waals surface area contributed by atoms with Crippen LogP contribution in [0.25, 0.3) is 0 Å². The fourth-order valence-electron chi connectivity index (χ4n) is 2.24. The molecule has 0 spiro atoms. The van der Waals surface area contributed by atoms with Crippen molar-refractivity contribution < 1.29 is 9.59 Å². The molecular formula is C14H18N2O2. The Morgan fingerprint density at radius 2 is 2.11 bits per heavy atom. The minimum atomic E-state index is 0.0692. The van der Waals surface area contributed by atoms with Gasteiger partial charge in [0.05, 0.1) is 11.4 Å². The number of ketones is 1. The number of hydrogen-bond donors (Lipinski definition) is 0. The van der Waals surface area contributed by atoms with E-state index >= 15 is 0 Å². The number of pyridine rings is 1. The van der Waals surface area contributed by atoms with Crippen LogP contribution in [-0.2, 0) is 11.2 Å². The first kappa shape index (κ1) is 12.7. The second-order valence-corrected chi connectivity index (χ2v) is 4.47. The third-order valence-electron chi connectivity index (χ3n) is 3.28. The fourth-order valence-corrected chi connectivity index (χ4v) is 2.24. The van der Waals surface area contributed by atoms with E-state index in [0.29, 0.717) is 18.4 Å². The topological polar surface area (TPSA) is 50.3 Å². The van der Waals surface area contributed by atoms with E-state index in [9.17, 15) is 9.59 Å². The van der Waals surface area contributed by atoms with E-state index < -0.39 is 0 Å². The SMILES string of the molecule is CCC(=O)c1cnc2c(c1)N(C(=O)CC)CCC2. The first-order chi connectivity index (χ1) is 8.67. The summed E-state index contributed by atoms with van der Waals surface area (Å²) in [6.45, 7) is 4.41. The zero-order valence-electron chi connectivity index (χ0n) is 10.9. The van der Waals surface area contributed by atoms with Gasteiger partial charge in [-0.3, -0.25) is 14.6 Å². The van der Waals surface area contributed by atoms with Crippen LogP contribution in [-0.4, -0.2) is 23.2 Å². The summed E-state index contributed by atoms with van der Waals surface area (Å²) in [5, 5.41) is 0. The van der Waals surface area contributed by atoms with Gasteiger partial charge in [0.2, 0.25) is 5.91 Å². The molecule has 0 aliphatic carbocycles. The molecule has 0 unspecified atom stereocenters. The number of nitrogens with zero attached hydrogens (tertiary/aromatic N) is 2. The van der Waals surface area contributed by atoms with E-state index in [-0.39, 0.29) is 11.7 Å². The van der Waals surface area contributed by atoms with Crippen molar-refractivity contribution in [3.63, 3.8) is 0 Å². The molecule has 2 rings (SSSR count). The maximum absolute atomic E-state index is 11.9. The average molecular weight is 246 g/mol. The van der Waals surface area contributed by atoms with Crippen LogP contribution in [0.2, 0.25) is 0 Å². The van der Waals surface area contributed by atoms with Gasteiger partial charge in [-0.15, -0.1) is 0 Å². The van der Waals surface area contributed by atoms with Crippen molar-refractivity contribution >= 4 is 17.4 Å². The zero-order valence-corrected chi connectivity index (χ0v) is 10.9. The first-order valence-corrected chi connectivity index (χ1v) is 6.49. The molecule has 0 bridgehead atoms. The molecule has 0 fully saturated rings. The Bertz CT molecular complexity index is 483. The smallest absolute Gasteiger partial charge is 0.226 e. The van der Waals surface area contributed by atoms with Crippen molar-refractivity contribution in [3.8, 4) is 0 Å². The lowest BCUT2D eigenvalue weighted by molar-refractivity contribution is -0.118. The van der Waals surface area contributed by atoms with Crippen LogP contribution in [0.3, 0.4) is 0 Å². The first-order valence-electron chi connectivity index (χ1n) is 6.49. The predicted molar refractivity (Wildman–Crippen MR) is 69.8 cm³/mol. The Balaban J connectivity index is 2.41. The van der Waals surface area contributed by atoms with Gasteiger partial charge in [-0.05, 0) is 18.9 Å². The van der Waals surface area contributed by atoms with Gasteiger partial charge < -0.3 is 4.90 Å². The molecule has 1 aromatic rings. The number of fused-ring (bicyclic) bond motifs is 1. The van der Waals surface area contributed by atoms with Gasteiger partial charge in [0.1, 0.15) is 0 Å². The van der Waals surface area contributed by atoms with E-state index in [1.165, 1.54) is 0 Å². The van der Waals surface area contributed by atoms with Crippen molar-refractivity contribution in [2.24, 2.45) is 0 Å². The lowest BCUT2D eigenvalue weighted by Gasteiger charge is -2.28. The van der Waals surface area contributed by atoms with E-state index in [0.717, 1.165) is 30.8 Å². The van der Waals surface area contributed by atoms with Crippen molar-refractivity contribution in [1.82, 2.24) is 4.98 Å². The molecule has 0 atom stereocenters. The molecule has 4 heteroatoms. The Kier molecular flexibility index (Phi) is 3.75. The molecule has 0 saturated heterocycles. The number of aryl methyl sites for hydroxylation is 1. The summed E-state index contributed by atoms with van der Waals surface area (Å²) in [4.78, 5) is 29.7. The third-order valence-corrected chi connectivity index (χ3v) is 3.28. The highest BCUT2D eigenvalue weighted by atomic mass is 16.2. The fraction of sp³-hybridized carbons (Fsp3) is 0.500. The predicted octanol–water partition coefficient (Wildman–Crippen LogP) is 2.36. The third kappa shape index (κ3) is 2.28. The highest BCUT2D eigenvalue weighted by molar-refractivity contribution is 5.99. The van der Waals surface area contributed by atoms with Gasteiger partial charge in [0.25, 0.3) is 0 Å². The van der Waals surface area contributed by atoms with Gasteiger partial charge in [0.15, 0.2) is 5.78 Å². The number of hydrogen-bond acceptors (Lipinski definition) is 3. The molecule has 0 N–H and O–H groups in total. The monoisotopic (exact) mass is 246 g/mol. The van der Waals surface area contributed by atoms with E-state index in [2.05, 4.69) is 4.98 Å². The Labute approximate surface area is 107 Å².